The molecule has 130 valence electrons. The maximum absolute atomic E-state index is 12.3. The first kappa shape index (κ1) is 15.5. The SMILES string of the molecule is Cc1noc(-c2cn(CCNC(=O)c3n[nH]c4c3CCCC4)nn2)n1. The standard InChI is InChI=1S/C15H18N8O2/c1-9-17-15(25-21-9)12-8-23(22-19-12)7-6-16-14(24)13-10-4-2-3-5-11(10)18-20-13/h8H,2-7H2,1H3,(H,16,24)(H,18,20). The fourth-order valence-corrected chi connectivity index (χ4v) is 2.94. The molecule has 0 aliphatic heterocycles. The zero-order valence-electron chi connectivity index (χ0n) is 13.8. The Morgan fingerprint density at radius 3 is 3.12 bits per heavy atom. The minimum atomic E-state index is -0.160. The molecular formula is C15H18N8O2. The van der Waals surface area contributed by atoms with Gasteiger partial charge in [-0.05, 0) is 32.6 Å². The summed E-state index contributed by atoms with van der Waals surface area (Å²) in [5.74, 6) is 0.711. The van der Waals surface area contributed by atoms with Crippen molar-refractivity contribution in [2.24, 2.45) is 0 Å². The van der Waals surface area contributed by atoms with Gasteiger partial charge in [-0.25, -0.2) is 4.68 Å². The summed E-state index contributed by atoms with van der Waals surface area (Å²) in [6.07, 6.45) is 5.82. The summed E-state index contributed by atoms with van der Waals surface area (Å²) >= 11 is 0. The Bertz CT molecular complexity index is 893. The largest absolute Gasteiger partial charge is 0.349 e. The molecule has 1 amide bonds. The van der Waals surface area contributed by atoms with E-state index in [1.54, 1.807) is 17.8 Å². The minimum absolute atomic E-state index is 0.160. The lowest BCUT2D eigenvalue weighted by Crippen LogP contribution is -2.28. The van der Waals surface area contributed by atoms with E-state index in [2.05, 4.69) is 36.0 Å². The molecule has 1 aliphatic rings. The fourth-order valence-electron chi connectivity index (χ4n) is 2.94. The van der Waals surface area contributed by atoms with Crippen molar-refractivity contribution in [3.8, 4) is 11.6 Å². The van der Waals surface area contributed by atoms with E-state index in [9.17, 15) is 4.79 Å². The Hall–Kier alpha value is -3.04. The molecule has 0 unspecified atom stereocenters. The van der Waals surface area contributed by atoms with E-state index in [0.29, 0.717) is 36.2 Å². The molecule has 0 spiro atoms. The van der Waals surface area contributed by atoms with Crippen LogP contribution in [-0.4, -0.2) is 47.8 Å². The van der Waals surface area contributed by atoms with E-state index in [1.807, 2.05) is 0 Å². The van der Waals surface area contributed by atoms with Crippen molar-refractivity contribution in [1.29, 1.82) is 0 Å². The van der Waals surface area contributed by atoms with Crippen molar-refractivity contribution in [2.45, 2.75) is 39.2 Å². The molecule has 0 bridgehead atoms. The summed E-state index contributed by atoms with van der Waals surface area (Å²) in [5.41, 5.74) is 3.16. The van der Waals surface area contributed by atoms with Crippen LogP contribution >= 0.6 is 0 Å². The van der Waals surface area contributed by atoms with Crippen LogP contribution in [0.5, 0.6) is 0 Å². The molecule has 25 heavy (non-hydrogen) atoms. The number of carbonyl (C=O) groups is 1. The average molecular weight is 342 g/mol. The molecule has 10 nitrogen and oxygen atoms in total. The number of rotatable bonds is 5. The number of carbonyl (C=O) groups excluding carboxylic acids is 1. The van der Waals surface area contributed by atoms with Gasteiger partial charge in [0.1, 0.15) is 0 Å². The lowest BCUT2D eigenvalue weighted by atomic mass is 9.96. The molecule has 0 radical (unpaired) electrons. The molecule has 0 atom stereocenters. The quantitative estimate of drug-likeness (QED) is 0.697. The van der Waals surface area contributed by atoms with Gasteiger partial charge in [-0.1, -0.05) is 10.4 Å². The zero-order chi connectivity index (χ0) is 17.2. The molecule has 3 heterocycles. The van der Waals surface area contributed by atoms with Crippen LogP contribution in [-0.2, 0) is 19.4 Å². The van der Waals surface area contributed by atoms with Gasteiger partial charge >= 0.3 is 0 Å². The van der Waals surface area contributed by atoms with Crippen LogP contribution in [0.3, 0.4) is 0 Å². The van der Waals surface area contributed by atoms with Gasteiger partial charge < -0.3 is 9.84 Å². The van der Waals surface area contributed by atoms with Gasteiger partial charge in [0.05, 0.1) is 12.7 Å². The second-order valence-electron chi connectivity index (χ2n) is 6.01. The predicted octanol–water partition coefficient (Wildman–Crippen LogP) is 0.668. The number of amides is 1. The zero-order valence-corrected chi connectivity index (χ0v) is 13.8. The molecule has 1 aliphatic carbocycles. The van der Waals surface area contributed by atoms with Gasteiger partial charge in [-0.2, -0.15) is 10.1 Å². The molecule has 3 aromatic rings. The van der Waals surface area contributed by atoms with Crippen molar-refractivity contribution in [2.75, 3.05) is 6.54 Å². The smallest absolute Gasteiger partial charge is 0.280 e. The first-order valence-electron chi connectivity index (χ1n) is 8.26. The van der Waals surface area contributed by atoms with Crippen molar-refractivity contribution < 1.29 is 9.32 Å². The van der Waals surface area contributed by atoms with Crippen LogP contribution in [0.1, 0.15) is 40.4 Å². The molecule has 0 fully saturated rings. The van der Waals surface area contributed by atoms with Crippen LogP contribution in [0.4, 0.5) is 0 Å². The number of hydrogen-bond acceptors (Lipinski definition) is 7. The van der Waals surface area contributed by atoms with Crippen molar-refractivity contribution >= 4 is 5.91 Å². The molecule has 3 aromatic heterocycles. The fraction of sp³-hybridized carbons (Fsp3) is 0.467. The van der Waals surface area contributed by atoms with Crippen LogP contribution in [0, 0.1) is 6.92 Å². The normalized spacial score (nSPS) is 13.6. The number of nitrogens with zero attached hydrogens (tertiary/aromatic N) is 6. The number of fused-ring (bicyclic) bond motifs is 1. The van der Waals surface area contributed by atoms with Crippen molar-refractivity contribution in [3.63, 3.8) is 0 Å². The first-order chi connectivity index (χ1) is 12.2. The first-order valence-corrected chi connectivity index (χ1v) is 8.26. The molecule has 4 rings (SSSR count). The number of aromatic amines is 1. The topological polar surface area (TPSA) is 127 Å². The number of aromatic nitrogens is 7. The van der Waals surface area contributed by atoms with Crippen LogP contribution in [0.2, 0.25) is 0 Å². The number of nitrogens with one attached hydrogen (secondary N) is 2. The highest BCUT2D eigenvalue weighted by atomic mass is 16.5. The van der Waals surface area contributed by atoms with E-state index >= 15 is 0 Å². The molecule has 10 heteroatoms. The number of aryl methyl sites for hydroxylation is 2. The van der Waals surface area contributed by atoms with Crippen molar-refractivity contribution in [1.82, 2.24) is 40.6 Å². The van der Waals surface area contributed by atoms with Gasteiger partial charge in [0.2, 0.25) is 0 Å². The average Bonchev–Trinajstić information content (AvgIpc) is 3.33. The minimum Gasteiger partial charge on any atom is -0.349 e. The highest BCUT2D eigenvalue weighted by Crippen LogP contribution is 2.21. The van der Waals surface area contributed by atoms with E-state index in [0.717, 1.165) is 36.9 Å². The van der Waals surface area contributed by atoms with Crippen molar-refractivity contribution in [3.05, 3.63) is 29.0 Å². The Morgan fingerprint density at radius 1 is 1.40 bits per heavy atom. The summed E-state index contributed by atoms with van der Waals surface area (Å²) in [6, 6.07) is 0. The lowest BCUT2D eigenvalue weighted by Gasteiger charge is -2.11. The Labute approximate surface area is 143 Å². The second-order valence-corrected chi connectivity index (χ2v) is 6.01. The third kappa shape index (κ3) is 3.14. The second kappa shape index (κ2) is 6.46. The number of hydrogen-bond donors (Lipinski definition) is 2. The van der Waals surface area contributed by atoms with E-state index in [4.69, 9.17) is 4.52 Å². The maximum Gasteiger partial charge on any atom is 0.280 e. The molecular weight excluding hydrogens is 324 g/mol. The van der Waals surface area contributed by atoms with E-state index in [-0.39, 0.29) is 5.91 Å². The molecule has 0 aromatic carbocycles. The maximum atomic E-state index is 12.3. The highest BCUT2D eigenvalue weighted by molar-refractivity contribution is 5.94. The molecule has 0 saturated heterocycles. The van der Waals surface area contributed by atoms with Crippen LogP contribution < -0.4 is 5.32 Å². The van der Waals surface area contributed by atoms with Gasteiger partial charge in [0.25, 0.3) is 11.8 Å². The Kier molecular flexibility index (Phi) is 4.00. The van der Waals surface area contributed by atoms with Crippen LogP contribution in [0.25, 0.3) is 11.6 Å². The summed E-state index contributed by atoms with van der Waals surface area (Å²) in [6.45, 7) is 2.64. The monoisotopic (exact) mass is 342 g/mol. The highest BCUT2D eigenvalue weighted by Gasteiger charge is 2.21. The Morgan fingerprint density at radius 2 is 2.28 bits per heavy atom. The van der Waals surface area contributed by atoms with Gasteiger partial charge in [-0.3, -0.25) is 9.89 Å². The molecule has 0 saturated carbocycles. The van der Waals surface area contributed by atoms with Gasteiger partial charge in [0, 0.05) is 17.8 Å². The van der Waals surface area contributed by atoms with E-state index < -0.39 is 0 Å². The predicted molar refractivity (Wildman–Crippen MR) is 85.6 cm³/mol. The summed E-state index contributed by atoms with van der Waals surface area (Å²) in [4.78, 5) is 16.4. The van der Waals surface area contributed by atoms with Gasteiger partial charge in [-0.15, -0.1) is 5.10 Å². The van der Waals surface area contributed by atoms with Gasteiger partial charge in [0.15, 0.2) is 17.2 Å². The summed E-state index contributed by atoms with van der Waals surface area (Å²) in [7, 11) is 0. The lowest BCUT2D eigenvalue weighted by molar-refractivity contribution is 0.0945. The summed E-state index contributed by atoms with van der Waals surface area (Å²) in [5, 5.41) is 21.7. The van der Waals surface area contributed by atoms with E-state index in [1.165, 1.54) is 0 Å². The summed E-state index contributed by atoms with van der Waals surface area (Å²) < 4.78 is 6.67. The molecule has 2 N–H and O–H groups in total. The third-order valence-electron chi connectivity index (χ3n) is 4.18. The third-order valence-corrected chi connectivity index (χ3v) is 4.18. The number of H-pyrrole nitrogens is 1. The Balaban J connectivity index is 1.34. The van der Waals surface area contributed by atoms with Crippen LogP contribution in [0.15, 0.2) is 10.7 Å².